The number of aromatic nitrogens is 2. The standard InChI is InChI=1S/C18H20FN3O/c19-16-7-5-14(6-8-16)3-4-15-2-1-11-22(13-15)18(23)17-12-20-9-10-21-17/h5-10,12,15H,1-4,11,13H2/t15-/m0/s1. The Balaban J connectivity index is 1.56. The summed E-state index contributed by atoms with van der Waals surface area (Å²) in [6, 6.07) is 6.67. The molecule has 1 fully saturated rings. The fourth-order valence-corrected chi connectivity index (χ4v) is 3.08. The van der Waals surface area contributed by atoms with Crippen LogP contribution >= 0.6 is 0 Å². The van der Waals surface area contributed by atoms with Crippen LogP contribution in [-0.4, -0.2) is 33.9 Å². The largest absolute Gasteiger partial charge is 0.337 e. The summed E-state index contributed by atoms with van der Waals surface area (Å²) >= 11 is 0. The molecule has 3 rings (SSSR count). The van der Waals surface area contributed by atoms with Crippen LogP contribution < -0.4 is 0 Å². The van der Waals surface area contributed by atoms with Crippen LogP contribution in [0.3, 0.4) is 0 Å². The Morgan fingerprint density at radius 3 is 2.83 bits per heavy atom. The number of piperidine rings is 1. The van der Waals surface area contributed by atoms with Gasteiger partial charge in [-0.25, -0.2) is 9.37 Å². The molecule has 0 radical (unpaired) electrons. The first-order valence-corrected chi connectivity index (χ1v) is 8.02. The molecule has 23 heavy (non-hydrogen) atoms. The minimum Gasteiger partial charge on any atom is -0.337 e. The van der Waals surface area contributed by atoms with Crippen LogP contribution in [0.1, 0.15) is 35.3 Å². The molecule has 1 aromatic heterocycles. The zero-order valence-corrected chi connectivity index (χ0v) is 13.0. The van der Waals surface area contributed by atoms with Crippen molar-refractivity contribution in [2.24, 2.45) is 5.92 Å². The molecule has 0 N–H and O–H groups in total. The van der Waals surface area contributed by atoms with Crippen LogP contribution in [0.5, 0.6) is 0 Å². The lowest BCUT2D eigenvalue weighted by Crippen LogP contribution is -2.40. The second-order valence-electron chi connectivity index (χ2n) is 6.02. The number of rotatable bonds is 4. The van der Waals surface area contributed by atoms with Gasteiger partial charge in [-0.2, -0.15) is 0 Å². The monoisotopic (exact) mass is 313 g/mol. The molecule has 2 heterocycles. The van der Waals surface area contributed by atoms with Gasteiger partial charge >= 0.3 is 0 Å². The number of nitrogens with zero attached hydrogens (tertiary/aromatic N) is 3. The molecule has 2 aromatic rings. The van der Waals surface area contributed by atoms with Crippen LogP contribution in [-0.2, 0) is 6.42 Å². The van der Waals surface area contributed by atoms with Gasteiger partial charge in [-0.3, -0.25) is 9.78 Å². The van der Waals surface area contributed by atoms with Crippen LogP contribution in [0.15, 0.2) is 42.9 Å². The first-order valence-electron chi connectivity index (χ1n) is 8.02. The van der Waals surface area contributed by atoms with E-state index in [0.717, 1.165) is 44.3 Å². The van der Waals surface area contributed by atoms with Crippen LogP contribution in [0.2, 0.25) is 0 Å². The van der Waals surface area contributed by atoms with Crippen molar-refractivity contribution in [3.05, 3.63) is 59.9 Å². The minimum atomic E-state index is -0.202. The SMILES string of the molecule is O=C(c1cnccn1)N1CCC[C@@H](CCc2ccc(F)cc2)C1. The highest BCUT2D eigenvalue weighted by Crippen LogP contribution is 2.22. The fraction of sp³-hybridized carbons (Fsp3) is 0.389. The summed E-state index contributed by atoms with van der Waals surface area (Å²) in [4.78, 5) is 22.4. The molecule has 5 heteroatoms. The van der Waals surface area contributed by atoms with E-state index in [-0.39, 0.29) is 11.7 Å². The number of likely N-dealkylation sites (tertiary alicyclic amines) is 1. The van der Waals surface area contributed by atoms with Gasteiger partial charge in [0.25, 0.3) is 5.91 Å². The average molecular weight is 313 g/mol. The molecule has 0 spiro atoms. The lowest BCUT2D eigenvalue weighted by atomic mass is 9.91. The van der Waals surface area contributed by atoms with Crippen molar-refractivity contribution < 1.29 is 9.18 Å². The Labute approximate surface area is 135 Å². The van der Waals surface area contributed by atoms with Gasteiger partial charge in [-0.1, -0.05) is 12.1 Å². The van der Waals surface area contributed by atoms with Gasteiger partial charge in [0.1, 0.15) is 11.5 Å². The second kappa shape index (κ2) is 7.31. The maximum atomic E-state index is 12.9. The lowest BCUT2D eigenvalue weighted by Gasteiger charge is -2.32. The molecule has 4 nitrogen and oxygen atoms in total. The summed E-state index contributed by atoms with van der Waals surface area (Å²) < 4.78 is 12.9. The van der Waals surface area contributed by atoms with Crippen molar-refractivity contribution >= 4 is 5.91 Å². The smallest absolute Gasteiger partial charge is 0.274 e. The Bertz CT molecular complexity index is 645. The maximum Gasteiger partial charge on any atom is 0.274 e. The highest BCUT2D eigenvalue weighted by Gasteiger charge is 2.25. The zero-order valence-electron chi connectivity index (χ0n) is 13.0. The molecule has 1 aliphatic rings. The van der Waals surface area contributed by atoms with E-state index in [0.29, 0.717) is 11.6 Å². The number of benzene rings is 1. The molecule has 1 aliphatic heterocycles. The highest BCUT2D eigenvalue weighted by atomic mass is 19.1. The summed E-state index contributed by atoms with van der Waals surface area (Å²) in [5.41, 5.74) is 1.55. The Hall–Kier alpha value is -2.30. The topological polar surface area (TPSA) is 46.1 Å². The Morgan fingerprint density at radius 2 is 2.09 bits per heavy atom. The van der Waals surface area contributed by atoms with E-state index in [9.17, 15) is 9.18 Å². The van der Waals surface area contributed by atoms with Gasteiger partial charge < -0.3 is 4.90 Å². The van der Waals surface area contributed by atoms with Crippen LogP contribution in [0.4, 0.5) is 4.39 Å². The molecular formula is C18H20FN3O. The number of aryl methyl sites for hydroxylation is 1. The van der Waals surface area contributed by atoms with Gasteiger partial charge in [0.15, 0.2) is 0 Å². The van der Waals surface area contributed by atoms with Crippen molar-refractivity contribution in [2.45, 2.75) is 25.7 Å². The summed E-state index contributed by atoms with van der Waals surface area (Å²) in [5, 5.41) is 0. The first-order chi connectivity index (χ1) is 11.2. The van der Waals surface area contributed by atoms with Crippen LogP contribution in [0.25, 0.3) is 0 Å². The lowest BCUT2D eigenvalue weighted by molar-refractivity contribution is 0.0662. The number of hydrogen-bond donors (Lipinski definition) is 0. The summed E-state index contributed by atoms with van der Waals surface area (Å²) in [7, 11) is 0. The van der Waals surface area contributed by atoms with Gasteiger partial charge in [0.2, 0.25) is 0 Å². The minimum absolute atomic E-state index is 0.0374. The predicted molar refractivity (Wildman–Crippen MR) is 85.4 cm³/mol. The molecular weight excluding hydrogens is 293 g/mol. The molecule has 0 unspecified atom stereocenters. The number of halogens is 1. The van der Waals surface area contributed by atoms with Gasteiger partial charge in [-0.15, -0.1) is 0 Å². The fourth-order valence-electron chi connectivity index (χ4n) is 3.08. The molecule has 1 atom stereocenters. The number of carbonyl (C=O) groups is 1. The van der Waals surface area contributed by atoms with Crippen LogP contribution in [0, 0.1) is 11.7 Å². The summed E-state index contributed by atoms with van der Waals surface area (Å²) in [5.74, 6) is 0.242. The molecule has 0 bridgehead atoms. The first kappa shape index (κ1) is 15.6. The third-order valence-electron chi connectivity index (χ3n) is 4.34. The second-order valence-corrected chi connectivity index (χ2v) is 6.02. The predicted octanol–water partition coefficient (Wildman–Crippen LogP) is 3.10. The normalized spacial score (nSPS) is 18.0. The average Bonchev–Trinajstić information content (AvgIpc) is 2.61. The molecule has 1 amide bonds. The number of amides is 1. The molecule has 1 saturated heterocycles. The Morgan fingerprint density at radius 1 is 1.26 bits per heavy atom. The molecule has 0 aliphatic carbocycles. The van der Waals surface area contributed by atoms with Crippen molar-refractivity contribution in [3.8, 4) is 0 Å². The summed E-state index contributed by atoms with van der Waals surface area (Å²) in [6.07, 6.45) is 8.70. The van der Waals surface area contributed by atoms with E-state index < -0.39 is 0 Å². The third-order valence-corrected chi connectivity index (χ3v) is 4.34. The molecule has 120 valence electrons. The highest BCUT2D eigenvalue weighted by molar-refractivity contribution is 5.92. The number of hydrogen-bond acceptors (Lipinski definition) is 3. The van der Waals surface area contributed by atoms with Crippen molar-refractivity contribution in [1.82, 2.24) is 14.9 Å². The van der Waals surface area contributed by atoms with Gasteiger partial charge in [0.05, 0.1) is 6.20 Å². The molecule has 1 aromatic carbocycles. The van der Waals surface area contributed by atoms with Gasteiger partial charge in [-0.05, 0) is 49.3 Å². The van der Waals surface area contributed by atoms with E-state index in [1.165, 1.54) is 18.3 Å². The third kappa shape index (κ3) is 4.12. The zero-order chi connectivity index (χ0) is 16.1. The number of carbonyl (C=O) groups excluding carboxylic acids is 1. The van der Waals surface area contributed by atoms with E-state index >= 15 is 0 Å². The molecule has 0 saturated carbocycles. The van der Waals surface area contributed by atoms with E-state index in [1.807, 2.05) is 17.0 Å². The van der Waals surface area contributed by atoms with E-state index in [4.69, 9.17) is 0 Å². The Kier molecular flexibility index (Phi) is 4.95. The van der Waals surface area contributed by atoms with Crippen molar-refractivity contribution in [3.63, 3.8) is 0 Å². The van der Waals surface area contributed by atoms with E-state index in [1.54, 1.807) is 12.4 Å². The quantitative estimate of drug-likeness (QED) is 0.871. The van der Waals surface area contributed by atoms with Crippen molar-refractivity contribution in [1.29, 1.82) is 0 Å². The van der Waals surface area contributed by atoms with Crippen molar-refractivity contribution in [2.75, 3.05) is 13.1 Å². The van der Waals surface area contributed by atoms with Gasteiger partial charge in [0, 0.05) is 25.5 Å². The van der Waals surface area contributed by atoms with E-state index in [2.05, 4.69) is 9.97 Å². The summed E-state index contributed by atoms with van der Waals surface area (Å²) in [6.45, 7) is 1.54. The maximum absolute atomic E-state index is 12.9.